The van der Waals surface area contributed by atoms with Crippen LogP contribution in [0, 0.1) is 11.8 Å². The number of carbonyl (C=O) groups is 3. The fourth-order valence-corrected chi connectivity index (χ4v) is 5.38. The predicted octanol–water partition coefficient (Wildman–Crippen LogP) is 4.02. The maximum absolute atomic E-state index is 13.1. The van der Waals surface area contributed by atoms with Crippen molar-refractivity contribution in [3.8, 4) is 11.1 Å². The highest BCUT2D eigenvalue weighted by molar-refractivity contribution is 5.87. The van der Waals surface area contributed by atoms with Crippen LogP contribution in [0.15, 0.2) is 48.5 Å². The molecule has 2 amide bonds. The zero-order valence-electron chi connectivity index (χ0n) is 19.1. The summed E-state index contributed by atoms with van der Waals surface area (Å²) in [5.41, 5.74) is 4.64. The number of carboxylic acids is 1. The van der Waals surface area contributed by atoms with Crippen molar-refractivity contribution >= 4 is 18.0 Å². The molecule has 178 valence electrons. The molecule has 3 aliphatic rings. The quantitative estimate of drug-likeness (QED) is 0.618. The van der Waals surface area contributed by atoms with Gasteiger partial charge in [-0.1, -0.05) is 55.0 Å². The number of likely N-dealkylation sites (tertiary alicyclic amines) is 1. The second kappa shape index (κ2) is 9.49. The second-order valence-corrected chi connectivity index (χ2v) is 9.68. The van der Waals surface area contributed by atoms with E-state index in [1.807, 2.05) is 24.3 Å². The number of carboxylic acid groups (broad SMARTS) is 1. The Morgan fingerprint density at radius 1 is 1.00 bits per heavy atom. The van der Waals surface area contributed by atoms with Gasteiger partial charge in [-0.3, -0.25) is 9.59 Å². The third-order valence-corrected chi connectivity index (χ3v) is 7.54. The van der Waals surface area contributed by atoms with Crippen LogP contribution in [0.4, 0.5) is 4.79 Å². The zero-order valence-corrected chi connectivity index (χ0v) is 19.1. The van der Waals surface area contributed by atoms with Crippen LogP contribution in [-0.2, 0) is 14.3 Å². The average molecular weight is 463 g/mol. The normalized spacial score (nSPS) is 18.3. The largest absolute Gasteiger partial charge is 0.481 e. The molecule has 1 saturated carbocycles. The molecule has 1 unspecified atom stereocenters. The van der Waals surface area contributed by atoms with Gasteiger partial charge in [-0.05, 0) is 53.4 Å². The van der Waals surface area contributed by atoms with E-state index in [4.69, 9.17) is 9.84 Å². The first-order valence-corrected chi connectivity index (χ1v) is 12.1. The second-order valence-electron chi connectivity index (χ2n) is 9.68. The van der Waals surface area contributed by atoms with Crippen molar-refractivity contribution < 1.29 is 24.2 Å². The van der Waals surface area contributed by atoms with Gasteiger partial charge in [-0.2, -0.15) is 0 Å². The van der Waals surface area contributed by atoms with Crippen molar-refractivity contribution in [1.82, 2.24) is 10.2 Å². The van der Waals surface area contributed by atoms with Crippen LogP contribution in [-0.4, -0.2) is 53.7 Å². The molecular weight excluding hydrogens is 432 g/mol. The predicted molar refractivity (Wildman–Crippen MR) is 126 cm³/mol. The summed E-state index contributed by atoms with van der Waals surface area (Å²) in [6.45, 7) is 1.33. The van der Waals surface area contributed by atoms with Crippen molar-refractivity contribution in [2.75, 3.05) is 19.7 Å². The summed E-state index contributed by atoms with van der Waals surface area (Å²) in [6, 6.07) is 15.8. The first-order valence-electron chi connectivity index (χ1n) is 12.1. The molecule has 1 aliphatic heterocycles. The summed E-state index contributed by atoms with van der Waals surface area (Å²) in [4.78, 5) is 38.4. The molecule has 2 aliphatic carbocycles. The van der Waals surface area contributed by atoms with E-state index >= 15 is 0 Å². The number of hydrogen-bond acceptors (Lipinski definition) is 4. The van der Waals surface area contributed by atoms with Gasteiger partial charge in [0.25, 0.3) is 0 Å². The molecule has 5 rings (SSSR count). The Hall–Kier alpha value is -3.35. The van der Waals surface area contributed by atoms with Crippen LogP contribution in [0.25, 0.3) is 11.1 Å². The number of nitrogens with one attached hydrogen (secondary N) is 1. The van der Waals surface area contributed by atoms with Crippen LogP contribution in [0.1, 0.15) is 49.1 Å². The number of benzene rings is 2. The van der Waals surface area contributed by atoms with Gasteiger partial charge in [0, 0.05) is 25.4 Å². The van der Waals surface area contributed by atoms with E-state index in [2.05, 4.69) is 29.6 Å². The summed E-state index contributed by atoms with van der Waals surface area (Å²) in [7, 11) is 0. The van der Waals surface area contributed by atoms with Gasteiger partial charge in [0.1, 0.15) is 12.6 Å². The van der Waals surface area contributed by atoms with E-state index in [-0.39, 0.29) is 36.7 Å². The molecular formula is C27H30N2O5. The highest BCUT2D eigenvalue weighted by Gasteiger charge is 2.41. The van der Waals surface area contributed by atoms with E-state index in [1.165, 1.54) is 11.1 Å². The molecule has 2 N–H and O–H groups in total. The maximum Gasteiger partial charge on any atom is 0.407 e. The number of nitrogens with zero attached hydrogens (tertiary/aromatic N) is 1. The first-order chi connectivity index (χ1) is 16.5. The monoisotopic (exact) mass is 462 g/mol. The van der Waals surface area contributed by atoms with Crippen molar-refractivity contribution in [2.24, 2.45) is 11.8 Å². The highest BCUT2D eigenvalue weighted by atomic mass is 16.5. The molecule has 34 heavy (non-hydrogen) atoms. The lowest BCUT2D eigenvalue weighted by Gasteiger charge is -2.43. The van der Waals surface area contributed by atoms with Gasteiger partial charge < -0.3 is 20.1 Å². The fraction of sp³-hybridized carbons (Fsp3) is 0.444. The van der Waals surface area contributed by atoms with E-state index < -0.39 is 18.1 Å². The average Bonchev–Trinajstić information content (AvgIpc) is 3.08. The zero-order chi connectivity index (χ0) is 23.7. The minimum atomic E-state index is -0.811. The van der Waals surface area contributed by atoms with Crippen molar-refractivity contribution in [2.45, 2.75) is 44.1 Å². The first kappa shape index (κ1) is 22.4. The van der Waals surface area contributed by atoms with Gasteiger partial charge >= 0.3 is 12.1 Å². The topological polar surface area (TPSA) is 95.9 Å². The van der Waals surface area contributed by atoms with Gasteiger partial charge in [0.15, 0.2) is 0 Å². The van der Waals surface area contributed by atoms with Crippen LogP contribution >= 0.6 is 0 Å². The summed E-state index contributed by atoms with van der Waals surface area (Å²) in [5, 5.41) is 11.7. The molecule has 0 aromatic heterocycles. The fourth-order valence-electron chi connectivity index (χ4n) is 5.38. The number of rotatable bonds is 8. The van der Waals surface area contributed by atoms with E-state index in [0.717, 1.165) is 30.4 Å². The minimum absolute atomic E-state index is 0.0265. The van der Waals surface area contributed by atoms with Crippen molar-refractivity contribution in [1.29, 1.82) is 0 Å². The Morgan fingerprint density at radius 3 is 2.18 bits per heavy atom. The van der Waals surface area contributed by atoms with E-state index in [9.17, 15) is 14.4 Å². The molecule has 0 spiro atoms. The van der Waals surface area contributed by atoms with Crippen LogP contribution in [0.2, 0.25) is 0 Å². The smallest absolute Gasteiger partial charge is 0.407 e. The molecule has 1 atom stereocenters. The Morgan fingerprint density at radius 2 is 1.62 bits per heavy atom. The number of carbonyl (C=O) groups excluding carboxylic acids is 2. The number of aliphatic carboxylic acids is 1. The lowest BCUT2D eigenvalue weighted by molar-refractivity contribution is -0.143. The number of hydrogen-bond donors (Lipinski definition) is 2. The standard InChI is InChI=1S/C27H30N2O5/c30-24(31)13-12-17-14-29(15-17)26(32)25(18-6-5-7-18)28-27(33)34-16-23-21-10-3-1-8-19(21)20-9-2-4-11-22(20)23/h1-4,8-11,17-18,23,25H,5-7,12-16H2,(H,28,33)(H,30,31). The molecule has 0 bridgehead atoms. The summed E-state index contributed by atoms with van der Waals surface area (Å²) in [6.07, 6.45) is 3.02. The van der Waals surface area contributed by atoms with Gasteiger partial charge in [-0.25, -0.2) is 4.79 Å². The lowest BCUT2D eigenvalue weighted by atomic mass is 9.78. The van der Waals surface area contributed by atoms with E-state index in [0.29, 0.717) is 19.5 Å². The molecule has 7 heteroatoms. The summed E-state index contributed by atoms with van der Waals surface area (Å²) >= 11 is 0. The molecule has 2 aromatic rings. The Kier molecular flexibility index (Phi) is 6.26. The molecule has 1 heterocycles. The number of fused-ring (bicyclic) bond motifs is 3. The third-order valence-electron chi connectivity index (χ3n) is 7.54. The summed E-state index contributed by atoms with van der Waals surface area (Å²) in [5.74, 6) is -0.567. The Balaban J connectivity index is 1.19. The SMILES string of the molecule is O=C(O)CCC1CN(C(=O)C(NC(=O)OCC2c3ccccc3-c3ccccc32)C2CCC2)C1. The Bertz CT molecular complexity index is 1040. The maximum atomic E-state index is 13.1. The lowest BCUT2D eigenvalue weighted by Crippen LogP contribution is -2.59. The molecule has 1 saturated heterocycles. The molecule has 0 radical (unpaired) electrons. The Labute approximate surface area is 199 Å². The van der Waals surface area contributed by atoms with E-state index in [1.54, 1.807) is 4.90 Å². The number of alkyl carbamates (subject to hydrolysis) is 1. The summed E-state index contributed by atoms with van der Waals surface area (Å²) < 4.78 is 5.67. The van der Waals surface area contributed by atoms with Gasteiger partial charge in [0.05, 0.1) is 0 Å². The van der Waals surface area contributed by atoms with Crippen LogP contribution in [0.5, 0.6) is 0 Å². The van der Waals surface area contributed by atoms with Crippen molar-refractivity contribution in [3.05, 3.63) is 59.7 Å². The van der Waals surface area contributed by atoms with Crippen LogP contribution < -0.4 is 5.32 Å². The van der Waals surface area contributed by atoms with Crippen LogP contribution in [0.3, 0.4) is 0 Å². The van der Waals surface area contributed by atoms with Gasteiger partial charge in [0.2, 0.25) is 5.91 Å². The molecule has 2 fully saturated rings. The van der Waals surface area contributed by atoms with Crippen molar-refractivity contribution in [3.63, 3.8) is 0 Å². The number of amides is 2. The highest BCUT2D eigenvalue weighted by Crippen LogP contribution is 2.44. The number of ether oxygens (including phenoxy) is 1. The minimum Gasteiger partial charge on any atom is -0.481 e. The third kappa shape index (κ3) is 4.39. The molecule has 2 aromatic carbocycles. The van der Waals surface area contributed by atoms with Gasteiger partial charge in [-0.15, -0.1) is 0 Å². The molecule has 7 nitrogen and oxygen atoms in total.